The molecule has 0 aromatic heterocycles. The molecule has 0 heterocycles. The molecule has 0 spiro atoms. The van der Waals surface area contributed by atoms with E-state index >= 15 is 0 Å². The minimum Gasteiger partial charge on any atom is -0.481 e. The van der Waals surface area contributed by atoms with Crippen molar-refractivity contribution in [3.8, 4) is 0 Å². The molecule has 0 amide bonds. The molecule has 1 aromatic carbocycles. The second-order valence-electron chi connectivity index (χ2n) is 3.75. The Morgan fingerprint density at radius 1 is 1.24 bits per heavy atom. The van der Waals surface area contributed by atoms with Crippen molar-refractivity contribution in [2.75, 3.05) is 13.1 Å². The van der Waals surface area contributed by atoms with Gasteiger partial charge in [0.1, 0.15) is 0 Å². The molecule has 17 heavy (non-hydrogen) atoms. The third kappa shape index (κ3) is 5.40. The van der Waals surface area contributed by atoms with Crippen LogP contribution in [0, 0.1) is 11.6 Å². The van der Waals surface area contributed by atoms with Crippen LogP contribution in [0.2, 0.25) is 0 Å². The summed E-state index contributed by atoms with van der Waals surface area (Å²) >= 11 is 0. The zero-order valence-corrected chi connectivity index (χ0v) is 9.38. The maximum Gasteiger partial charge on any atom is 0.303 e. The Balaban J connectivity index is 2.18. The normalized spacial score (nSPS) is 10.5. The fourth-order valence-corrected chi connectivity index (χ4v) is 1.42. The predicted octanol–water partition coefficient (Wildman–Crippen LogP) is 1.96. The minimum atomic E-state index is -0.844. The van der Waals surface area contributed by atoms with E-state index in [9.17, 15) is 13.6 Å². The topological polar surface area (TPSA) is 49.3 Å². The molecule has 0 fully saturated rings. The van der Waals surface area contributed by atoms with Gasteiger partial charge in [-0.25, -0.2) is 8.78 Å². The van der Waals surface area contributed by atoms with Gasteiger partial charge in [0.05, 0.1) is 0 Å². The Morgan fingerprint density at radius 3 is 2.65 bits per heavy atom. The average Bonchev–Trinajstić information content (AvgIpc) is 2.27. The predicted molar refractivity (Wildman–Crippen MR) is 59.8 cm³/mol. The van der Waals surface area contributed by atoms with Crippen LogP contribution in [-0.4, -0.2) is 24.2 Å². The van der Waals surface area contributed by atoms with E-state index in [1.54, 1.807) is 0 Å². The van der Waals surface area contributed by atoms with E-state index in [0.717, 1.165) is 11.6 Å². The second-order valence-corrected chi connectivity index (χ2v) is 3.75. The summed E-state index contributed by atoms with van der Waals surface area (Å²) in [5.74, 6) is -2.50. The molecule has 1 rings (SSSR count). The molecular formula is C12H15F2NO2. The molecule has 0 atom stereocenters. The maximum absolute atomic E-state index is 12.8. The highest BCUT2D eigenvalue weighted by atomic mass is 19.2. The molecule has 0 saturated carbocycles. The fraction of sp³-hybridized carbons (Fsp3) is 0.417. The van der Waals surface area contributed by atoms with Crippen LogP contribution >= 0.6 is 0 Å². The Bertz CT molecular complexity index is 383. The van der Waals surface area contributed by atoms with Crippen LogP contribution in [-0.2, 0) is 11.2 Å². The molecule has 0 radical (unpaired) electrons. The monoisotopic (exact) mass is 243 g/mol. The van der Waals surface area contributed by atoms with Crippen molar-refractivity contribution in [1.29, 1.82) is 0 Å². The number of rotatable bonds is 7. The van der Waals surface area contributed by atoms with Crippen molar-refractivity contribution in [3.63, 3.8) is 0 Å². The van der Waals surface area contributed by atoms with Gasteiger partial charge < -0.3 is 10.4 Å². The molecule has 1 aromatic rings. The lowest BCUT2D eigenvalue weighted by atomic mass is 10.1. The van der Waals surface area contributed by atoms with Gasteiger partial charge in [0.25, 0.3) is 0 Å². The number of carboxylic acid groups (broad SMARTS) is 1. The van der Waals surface area contributed by atoms with E-state index in [2.05, 4.69) is 5.32 Å². The average molecular weight is 243 g/mol. The van der Waals surface area contributed by atoms with Crippen molar-refractivity contribution in [2.45, 2.75) is 19.3 Å². The standard InChI is InChI=1S/C12H15F2NO2/c13-10-4-3-9(8-11(10)14)5-7-15-6-1-2-12(16)17/h3-4,8,15H,1-2,5-7H2,(H,16,17). The van der Waals surface area contributed by atoms with Crippen molar-refractivity contribution in [2.24, 2.45) is 0 Å². The van der Waals surface area contributed by atoms with Crippen LogP contribution in [0.5, 0.6) is 0 Å². The largest absolute Gasteiger partial charge is 0.481 e. The third-order valence-electron chi connectivity index (χ3n) is 2.32. The minimum absolute atomic E-state index is 0.137. The summed E-state index contributed by atoms with van der Waals surface area (Å²) in [6.45, 7) is 1.22. The van der Waals surface area contributed by atoms with E-state index in [1.165, 1.54) is 12.1 Å². The summed E-state index contributed by atoms with van der Waals surface area (Å²) in [7, 11) is 0. The quantitative estimate of drug-likeness (QED) is 0.720. The Hall–Kier alpha value is -1.49. The molecule has 0 bridgehead atoms. The zero-order chi connectivity index (χ0) is 12.7. The first kappa shape index (κ1) is 13.6. The molecular weight excluding hydrogens is 228 g/mol. The number of nitrogens with one attached hydrogen (secondary N) is 1. The molecule has 2 N–H and O–H groups in total. The lowest BCUT2D eigenvalue weighted by Gasteiger charge is -2.04. The Morgan fingerprint density at radius 2 is 2.00 bits per heavy atom. The number of hydrogen-bond acceptors (Lipinski definition) is 2. The number of hydrogen-bond donors (Lipinski definition) is 2. The Labute approximate surface area is 98.5 Å². The first-order chi connectivity index (χ1) is 8.09. The molecule has 0 aliphatic rings. The lowest BCUT2D eigenvalue weighted by molar-refractivity contribution is -0.137. The molecule has 0 aliphatic heterocycles. The highest BCUT2D eigenvalue weighted by Gasteiger charge is 2.02. The van der Waals surface area contributed by atoms with Gasteiger partial charge in [-0.05, 0) is 43.6 Å². The number of carboxylic acids is 1. The molecule has 3 nitrogen and oxygen atoms in total. The van der Waals surface area contributed by atoms with E-state index in [1.807, 2.05) is 0 Å². The van der Waals surface area contributed by atoms with Crippen LogP contribution in [0.1, 0.15) is 18.4 Å². The van der Waals surface area contributed by atoms with Gasteiger partial charge in [-0.15, -0.1) is 0 Å². The van der Waals surface area contributed by atoms with E-state index in [-0.39, 0.29) is 6.42 Å². The summed E-state index contributed by atoms with van der Waals surface area (Å²) in [5, 5.41) is 11.4. The lowest BCUT2D eigenvalue weighted by Crippen LogP contribution is -2.19. The van der Waals surface area contributed by atoms with Crippen molar-refractivity contribution >= 4 is 5.97 Å². The number of aliphatic carboxylic acids is 1. The van der Waals surface area contributed by atoms with Gasteiger partial charge >= 0.3 is 5.97 Å². The van der Waals surface area contributed by atoms with Crippen LogP contribution < -0.4 is 5.32 Å². The number of halogens is 2. The molecule has 5 heteroatoms. The van der Waals surface area contributed by atoms with Gasteiger partial charge in [0.15, 0.2) is 11.6 Å². The van der Waals surface area contributed by atoms with Gasteiger partial charge in [-0.2, -0.15) is 0 Å². The summed E-state index contributed by atoms with van der Waals surface area (Å²) in [4.78, 5) is 10.2. The SMILES string of the molecule is O=C(O)CCCNCCc1ccc(F)c(F)c1. The first-order valence-electron chi connectivity index (χ1n) is 5.46. The van der Waals surface area contributed by atoms with Crippen LogP contribution in [0.25, 0.3) is 0 Å². The van der Waals surface area contributed by atoms with Gasteiger partial charge in [-0.3, -0.25) is 4.79 Å². The van der Waals surface area contributed by atoms with Gasteiger partial charge in [0, 0.05) is 6.42 Å². The first-order valence-corrected chi connectivity index (χ1v) is 5.46. The zero-order valence-electron chi connectivity index (χ0n) is 9.38. The fourth-order valence-electron chi connectivity index (χ4n) is 1.42. The highest BCUT2D eigenvalue weighted by Crippen LogP contribution is 2.08. The third-order valence-corrected chi connectivity index (χ3v) is 2.32. The Kier molecular flexibility index (Phi) is 5.56. The smallest absolute Gasteiger partial charge is 0.303 e. The van der Waals surface area contributed by atoms with Crippen molar-refractivity contribution in [1.82, 2.24) is 5.32 Å². The van der Waals surface area contributed by atoms with Gasteiger partial charge in [-0.1, -0.05) is 6.07 Å². The summed E-state index contributed by atoms with van der Waals surface area (Å²) in [6, 6.07) is 3.82. The highest BCUT2D eigenvalue weighted by molar-refractivity contribution is 5.66. The van der Waals surface area contributed by atoms with Crippen molar-refractivity contribution in [3.05, 3.63) is 35.4 Å². The van der Waals surface area contributed by atoms with Crippen LogP contribution in [0.4, 0.5) is 8.78 Å². The van der Waals surface area contributed by atoms with Gasteiger partial charge in [0.2, 0.25) is 0 Å². The van der Waals surface area contributed by atoms with Crippen molar-refractivity contribution < 1.29 is 18.7 Å². The summed E-state index contributed by atoms with van der Waals surface area (Å²) in [5.41, 5.74) is 0.717. The maximum atomic E-state index is 12.8. The summed E-state index contributed by atoms with van der Waals surface area (Å²) in [6.07, 6.45) is 1.29. The molecule has 94 valence electrons. The number of benzene rings is 1. The molecule has 0 aliphatic carbocycles. The summed E-state index contributed by atoms with van der Waals surface area (Å²) < 4.78 is 25.5. The molecule has 0 saturated heterocycles. The van der Waals surface area contributed by atoms with E-state index < -0.39 is 17.6 Å². The van der Waals surface area contributed by atoms with Crippen LogP contribution in [0.3, 0.4) is 0 Å². The van der Waals surface area contributed by atoms with E-state index in [0.29, 0.717) is 25.9 Å². The molecule has 0 unspecified atom stereocenters. The number of carbonyl (C=O) groups is 1. The van der Waals surface area contributed by atoms with E-state index in [4.69, 9.17) is 5.11 Å². The van der Waals surface area contributed by atoms with Crippen LogP contribution in [0.15, 0.2) is 18.2 Å². The second kappa shape index (κ2) is 6.96.